The lowest BCUT2D eigenvalue weighted by molar-refractivity contribution is -0.301. The molecule has 6 unspecified atom stereocenters. The van der Waals surface area contributed by atoms with Crippen LogP contribution in [0.25, 0.3) is 0 Å². The molecule has 4 N–H and O–H groups in total. The maximum absolute atomic E-state index is 12.8. The topological polar surface area (TPSA) is 178 Å². The molecule has 1 heterocycles. The Labute approximate surface area is 387 Å². The fraction of sp³-hybridized carbons (Fsp3) is 0.706. The van der Waals surface area contributed by atoms with Crippen LogP contribution in [0.2, 0.25) is 0 Å². The zero-order valence-electron chi connectivity index (χ0n) is 39.3. The lowest BCUT2D eigenvalue weighted by atomic mass is 9.99. The third-order valence-electron chi connectivity index (χ3n) is 10.5. The summed E-state index contributed by atoms with van der Waals surface area (Å²) in [5.41, 5.74) is 0. The minimum Gasteiger partial charge on any atom is -0.457 e. The summed E-state index contributed by atoms with van der Waals surface area (Å²) in [6.07, 6.45) is 46.2. The molecule has 0 bridgehead atoms. The van der Waals surface area contributed by atoms with Gasteiger partial charge in [0.2, 0.25) is 0 Å². The van der Waals surface area contributed by atoms with Crippen molar-refractivity contribution < 1.29 is 56.2 Å². The molecule has 1 saturated heterocycles. The predicted molar refractivity (Wildman–Crippen MR) is 257 cm³/mol. The Morgan fingerprint density at radius 2 is 1.08 bits per heavy atom. The second-order valence-electron chi connectivity index (χ2n) is 16.3. The van der Waals surface area contributed by atoms with Gasteiger partial charge in [-0.1, -0.05) is 176 Å². The summed E-state index contributed by atoms with van der Waals surface area (Å²) in [7, 11) is -5.07. The van der Waals surface area contributed by atoms with Crippen molar-refractivity contribution >= 4 is 16.4 Å². The van der Waals surface area contributed by atoms with Gasteiger partial charge in [0.1, 0.15) is 30.5 Å². The summed E-state index contributed by atoms with van der Waals surface area (Å²) >= 11 is 0. The van der Waals surface area contributed by atoms with Gasteiger partial charge in [-0.05, 0) is 70.6 Å². The standard InChI is InChI=1S/C51H86O12S/c1-3-5-7-9-11-13-15-16-17-18-19-20-21-22-23-24-25-26-27-28-29-31-33-35-37-39-41-59-43-45(61-47(53)40-38-36-34-32-30-14-12-10-8-6-4-2)44-60-51-49(55)50(63-64(56,57)58)48(54)46(42-52)62-51/h5,7,11,13,16-17,19-20,22-23,25-26,28-29,45-46,48-52,54-55H,3-4,6,8-10,12,14-15,18,21,24,27,30-44H2,1-2H3,(H,56,57,58)/b7-5-,13-11-,17-16-,20-19-,23-22-,26-25-,29-28-. The molecule has 1 fully saturated rings. The van der Waals surface area contributed by atoms with E-state index in [-0.39, 0.29) is 19.6 Å². The maximum atomic E-state index is 12.8. The summed E-state index contributed by atoms with van der Waals surface area (Å²) in [5.74, 6) is -0.414. The summed E-state index contributed by atoms with van der Waals surface area (Å²) in [4.78, 5) is 12.8. The fourth-order valence-electron chi connectivity index (χ4n) is 6.89. The number of esters is 1. The molecule has 1 rings (SSSR count). The van der Waals surface area contributed by atoms with Crippen LogP contribution in [0, 0.1) is 0 Å². The Kier molecular flexibility index (Phi) is 38.6. The molecule has 0 radical (unpaired) electrons. The molecule has 0 aliphatic carbocycles. The number of aliphatic hydroxyl groups is 3. The van der Waals surface area contributed by atoms with Crippen LogP contribution in [0.3, 0.4) is 0 Å². The minimum atomic E-state index is -5.07. The second kappa shape index (κ2) is 41.7. The zero-order valence-corrected chi connectivity index (χ0v) is 40.1. The van der Waals surface area contributed by atoms with Crippen LogP contribution < -0.4 is 0 Å². The number of aliphatic hydroxyl groups excluding tert-OH is 3. The van der Waals surface area contributed by atoms with Crippen LogP contribution in [-0.2, 0) is 38.3 Å². The van der Waals surface area contributed by atoms with Crippen molar-refractivity contribution in [3.63, 3.8) is 0 Å². The van der Waals surface area contributed by atoms with Gasteiger partial charge >= 0.3 is 16.4 Å². The lowest BCUT2D eigenvalue weighted by Crippen LogP contribution is -2.60. The monoisotopic (exact) mass is 923 g/mol. The zero-order chi connectivity index (χ0) is 46.8. The van der Waals surface area contributed by atoms with Crippen molar-refractivity contribution in [1.82, 2.24) is 0 Å². The summed E-state index contributed by atoms with van der Waals surface area (Å²) in [6.45, 7) is 3.79. The number of hydrogen-bond donors (Lipinski definition) is 4. The quantitative estimate of drug-likeness (QED) is 0.0198. The van der Waals surface area contributed by atoms with Crippen molar-refractivity contribution in [2.45, 2.75) is 205 Å². The number of unbranched alkanes of at least 4 members (excludes halogenated alkanes) is 14. The largest absolute Gasteiger partial charge is 0.457 e. The van der Waals surface area contributed by atoms with Gasteiger partial charge in [0.05, 0.1) is 19.8 Å². The molecule has 6 atom stereocenters. The van der Waals surface area contributed by atoms with E-state index in [0.717, 1.165) is 96.3 Å². The highest BCUT2D eigenvalue weighted by Gasteiger charge is 2.48. The van der Waals surface area contributed by atoms with E-state index in [4.69, 9.17) is 23.5 Å². The van der Waals surface area contributed by atoms with Gasteiger partial charge in [0.15, 0.2) is 6.29 Å². The first-order valence-corrected chi connectivity index (χ1v) is 25.7. The average molecular weight is 923 g/mol. The Hall–Kier alpha value is -2.72. The van der Waals surface area contributed by atoms with Crippen molar-refractivity contribution in [3.8, 4) is 0 Å². The summed E-state index contributed by atoms with van der Waals surface area (Å²) < 4.78 is 59.0. The predicted octanol–water partition coefficient (Wildman–Crippen LogP) is 10.9. The highest BCUT2D eigenvalue weighted by atomic mass is 32.3. The van der Waals surface area contributed by atoms with Gasteiger partial charge in [-0.3, -0.25) is 9.35 Å². The first-order chi connectivity index (χ1) is 31.1. The Balaban J connectivity index is 2.37. The van der Waals surface area contributed by atoms with Crippen LogP contribution in [0.1, 0.15) is 168 Å². The Morgan fingerprint density at radius 3 is 1.58 bits per heavy atom. The molecule has 12 nitrogen and oxygen atoms in total. The smallest absolute Gasteiger partial charge is 0.397 e. The molecule has 0 aromatic heterocycles. The molecular formula is C51H86O12S. The first kappa shape index (κ1) is 59.3. The molecule has 13 heteroatoms. The number of rotatable bonds is 41. The number of hydrogen-bond acceptors (Lipinski definition) is 11. The van der Waals surface area contributed by atoms with Crippen molar-refractivity contribution in [1.29, 1.82) is 0 Å². The molecule has 0 aromatic rings. The maximum Gasteiger partial charge on any atom is 0.397 e. The Morgan fingerprint density at radius 1 is 0.609 bits per heavy atom. The van der Waals surface area contributed by atoms with Gasteiger partial charge in [-0.25, -0.2) is 4.18 Å². The SMILES string of the molecule is CC/C=C\C/C=C\C/C=C\C/C=C\C/C=C\C/C=C\C/C=C\CCCCCCOCC(COC1OC(CO)C(O)C(OS(=O)(=O)O)C1O)OC(=O)CCCCCCCCCCCCC. The number of carbonyl (C=O) groups is 1. The molecule has 0 saturated carbocycles. The molecule has 1 aliphatic rings. The van der Waals surface area contributed by atoms with Crippen molar-refractivity contribution in [2.75, 3.05) is 26.4 Å². The Bertz CT molecular complexity index is 1440. The molecule has 64 heavy (non-hydrogen) atoms. The summed E-state index contributed by atoms with van der Waals surface area (Å²) in [5, 5.41) is 30.7. The minimum absolute atomic E-state index is 0.0150. The summed E-state index contributed by atoms with van der Waals surface area (Å²) in [6, 6.07) is 0. The van der Waals surface area contributed by atoms with Crippen LogP contribution in [0.4, 0.5) is 0 Å². The molecule has 0 spiro atoms. The van der Waals surface area contributed by atoms with E-state index in [1.165, 1.54) is 44.9 Å². The van der Waals surface area contributed by atoms with Gasteiger partial charge in [0.25, 0.3) is 0 Å². The number of carbonyl (C=O) groups excluding carboxylic acids is 1. The average Bonchev–Trinajstić information content (AvgIpc) is 3.27. The molecule has 1 aliphatic heterocycles. The third kappa shape index (κ3) is 34.6. The normalized spacial score (nSPS) is 20.5. The van der Waals surface area contributed by atoms with Crippen LogP contribution in [-0.4, -0.2) is 97.5 Å². The van der Waals surface area contributed by atoms with E-state index in [2.05, 4.69) is 103 Å². The van der Waals surface area contributed by atoms with E-state index in [1.54, 1.807) is 0 Å². The highest BCUT2D eigenvalue weighted by molar-refractivity contribution is 7.80. The van der Waals surface area contributed by atoms with E-state index < -0.39 is 59.8 Å². The highest BCUT2D eigenvalue weighted by Crippen LogP contribution is 2.26. The van der Waals surface area contributed by atoms with Crippen LogP contribution >= 0.6 is 0 Å². The van der Waals surface area contributed by atoms with Crippen LogP contribution in [0.5, 0.6) is 0 Å². The van der Waals surface area contributed by atoms with Gasteiger partial charge in [-0.15, -0.1) is 0 Å². The lowest BCUT2D eigenvalue weighted by Gasteiger charge is -2.41. The first-order valence-electron chi connectivity index (χ1n) is 24.3. The van der Waals surface area contributed by atoms with Crippen molar-refractivity contribution in [2.24, 2.45) is 0 Å². The van der Waals surface area contributed by atoms with E-state index >= 15 is 0 Å². The van der Waals surface area contributed by atoms with Gasteiger partial charge < -0.3 is 34.3 Å². The van der Waals surface area contributed by atoms with E-state index in [1.807, 2.05) is 0 Å². The van der Waals surface area contributed by atoms with Crippen LogP contribution in [0.15, 0.2) is 85.1 Å². The van der Waals surface area contributed by atoms with E-state index in [9.17, 15) is 28.5 Å². The van der Waals surface area contributed by atoms with Crippen molar-refractivity contribution in [3.05, 3.63) is 85.1 Å². The van der Waals surface area contributed by atoms with Gasteiger partial charge in [0, 0.05) is 13.0 Å². The molecule has 0 amide bonds. The van der Waals surface area contributed by atoms with Gasteiger partial charge in [-0.2, -0.15) is 8.42 Å². The van der Waals surface area contributed by atoms with E-state index in [0.29, 0.717) is 13.0 Å². The molecule has 0 aromatic carbocycles. The second-order valence-corrected chi connectivity index (χ2v) is 17.4. The molecular weight excluding hydrogens is 837 g/mol. The fourth-order valence-corrected chi connectivity index (χ4v) is 7.40. The number of allylic oxidation sites excluding steroid dienone is 14. The number of ether oxygens (including phenoxy) is 4. The third-order valence-corrected chi connectivity index (χ3v) is 11.0. The molecule has 368 valence electrons.